The van der Waals surface area contributed by atoms with E-state index in [2.05, 4.69) is 10.1 Å². The fourth-order valence-corrected chi connectivity index (χ4v) is 3.89. The molecule has 3 heterocycles. The normalized spacial score (nSPS) is 17.6. The van der Waals surface area contributed by atoms with Crippen LogP contribution in [0.3, 0.4) is 0 Å². The summed E-state index contributed by atoms with van der Waals surface area (Å²) in [4.78, 5) is 17.9. The van der Waals surface area contributed by atoms with Crippen molar-refractivity contribution in [2.75, 3.05) is 7.11 Å². The Morgan fingerprint density at radius 3 is 2.90 bits per heavy atom. The number of aromatic nitrogens is 3. The van der Waals surface area contributed by atoms with Crippen molar-refractivity contribution in [1.29, 1.82) is 0 Å². The number of fused-ring (bicyclic) bond motifs is 2. The van der Waals surface area contributed by atoms with Gasteiger partial charge in [-0.3, -0.25) is 14.5 Å². The quantitative estimate of drug-likeness (QED) is 0.494. The van der Waals surface area contributed by atoms with E-state index in [0.29, 0.717) is 33.3 Å². The summed E-state index contributed by atoms with van der Waals surface area (Å²) in [7, 11) is 1.45. The topological polar surface area (TPSA) is 60.3 Å². The van der Waals surface area contributed by atoms with Crippen LogP contribution in [0.4, 0.5) is 4.39 Å². The summed E-state index contributed by atoms with van der Waals surface area (Å²) >= 11 is 0. The van der Waals surface area contributed by atoms with E-state index in [4.69, 9.17) is 11.6 Å². The van der Waals surface area contributed by atoms with Gasteiger partial charge in [-0.05, 0) is 53.9 Å². The van der Waals surface area contributed by atoms with Crippen LogP contribution >= 0.6 is 0 Å². The number of ether oxygens (including phenoxy) is 1. The number of pyridine rings is 1. The number of methoxy groups -OCH3 is 1. The summed E-state index contributed by atoms with van der Waals surface area (Å²) in [6.45, 7) is -3.29. The molecule has 7 heteroatoms. The maximum absolute atomic E-state index is 15.5. The third kappa shape index (κ3) is 3.13. The number of carbonyl (C=O) groups is 1. The van der Waals surface area contributed by atoms with E-state index in [0.717, 1.165) is 9.58 Å². The van der Waals surface area contributed by atoms with Gasteiger partial charge < -0.3 is 9.64 Å². The zero-order chi connectivity index (χ0) is 26.0. The number of benzene rings is 2. The molecule has 156 valence electrons. The molecule has 0 aliphatic carbocycles. The fraction of sp³-hybridized carbons (Fsp3) is 0.208. The molecule has 6 nitrogen and oxygen atoms in total. The molecule has 4 aromatic rings. The van der Waals surface area contributed by atoms with E-state index in [1.165, 1.54) is 31.6 Å². The van der Waals surface area contributed by atoms with Crippen molar-refractivity contribution in [1.82, 2.24) is 19.7 Å². The average Bonchev–Trinajstić information content (AvgIpc) is 3.35. The molecule has 0 unspecified atom stereocenters. The molecular formula is C24H21FN4O2. The molecule has 1 amide bonds. The standard InChI is InChI=1S/C24H21FN4O2/c1-14-9-15(16-6-7-22(31-3)23-19(16)11-28(2)27-23)10-20(25)18(14)12-29-13-21-17(24(29)30)5-4-8-26-21/h4-11H,12-13H2,1-3H3/i2D3,13D2. The first kappa shape index (κ1) is 14.3. The number of rotatable bonds is 4. The average molecular weight is 421 g/mol. The van der Waals surface area contributed by atoms with Crippen molar-refractivity contribution in [2.45, 2.75) is 20.0 Å². The van der Waals surface area contributed by atoms with Gasteiger partial charge in [0.2, 0.25) is 0 Å². The van der Waals surface area contributed by atoms with Gasteiger partial charge in [-0.15, -0.1) is 0 Å². The molecule has 0 fully saturated rings. The van der Waals surface area contributed by atoms with Gasteiger partial charge in [0.15, 0.2) is 0 Å². The summed E-state index contributed by atoms with van der Waals surface area (Å²) in [5, 5.41) is 4.64. The largest absolute Gasteiger partial charge is 0.494 e. The second-order valence-electron chi connectivity index (χ2n) is 7.31. The highest BCUT2D eigenvalue weighted by molar-refractivity contribution is 5.98. The van der Waals surface area contributed by atoms with Crippen LogP contribution in [0.1, 0.15) is 34.0 Å². The molecule has 1 aliphatic rings. The van der Waals surface area contributed by atoms with Crippen LogP contribution in [0.15, 0.2) is 48.8 Å². The lowest BCUT2D eigenvalue weighted by atomic mass is 9.96. The Morgan fingerprint density at radius 1 is 1.29 bits per heavy atom. The zero-order valence-corrected chi connectivity index (χ0v) is 16.8. The first-order chi connectivity index (χ1) is 16.9. The number of hydrogen-bond acceptors (Lipinski definition) is 4. The van der Waals surface area contributed by atoms with Crippen LogP contribution in [-0.4, -0.2) is 32.7 Å². The smallest absolute Gasteiger partial charge is 0.256 e. The fourth-order valence-electron chi connectivity index (χ4n) is 3.89. The van der Waals surface area contributed by atoms with Gasteiger partial charge in [-0.2, -0.15) is 5.10 Å². The molecule has 0 radical (unpaired) electrons. The third-order valence-corrected chi connectivity index (χ3v) is 5.43. The van der Waals surface area contributed by atoms with Gasteiger partial charge in [0, 0.05) is 41.0 Å². The highest BCUT2D eigenvalue weighted by atomic mass is 19.1. The summed E-state index contributed by atoms with van der Waals surface area (Å²) in [5.74, 6) is -0.793. The lowest BCUT2D eigenvalue weighted by Gasteiger charge is -2.18. The summed E-state index contributed by atoms with van der Waals surface area (Å²) in [6, 6.07) is 9.40. The van der Waals surface area contributed by atoms with E-state index < -0.39 is 25.2 Å². The molecule has 0 atom stereocenters. The maximum atomic E-state index is 15.5. The van der Waals surface area contributed by atoms with E-state index >= 15 is 4.39 Å². The van der Waals surface area contributed by atoms with Crippen molar-refractivity contribution in [2.24, 2.45) is 6.98 Å². The Bertz CT molecular complexity index is 1510. The highest BCUT2D eigenvalue weighted by Gasteiger charge is 2.29. The van der Waals surface area contributed by atoms with E-state index in [9.17, 15) is 4.79 Å². The number of hydrogen-bond donors (Lipinski definition) is 0. The SMILES string of the molecule is [2H]C1([2H])c2ncccc2C(=O)N1Cc1c(C)cc(-c2ccc(OC)c3nn(C([2H])([2H])[2H])cc23)cc1F. The van der Waals surface area contributed by atoms with E-state index in [-0.39, 0.29) is 23.4 Å². The van der Waals surface area contributed by atoms with Gasteiger partial charge in [-0.1, -0.05) is 6.07 Å². The maximum Gasteiger partial charge on any atom is 0.256 e. The van der Waals surface area contributed by atoms with Crippen molar-refractivity contribution in [3.8, 4) is 16.9 Å². The third-order valence-electron chi connectivity index (χ3n) is 5.43. The Morgan fingerprint density at radius 2 is 2.16 bits per heavy atom. The van der Waals surface area contributed by atoms with Gasteiger partial charge in [0.1, 0.15) is 17.1 Å². The molecule has 0 spiro atoms. The van der Waals surface area contributed by atoms with Crippen LogP contribution in [0.2, 0.25) is 0 Å². The minimum Gasteiger partial charge on any atom is -0.494 e. The van der Waals surface area contributed by atoms with Gasteiger partial charge in [0.05, 0.1) is 27.6 Å². The summed E-state index contributed by atoms with van der Waals surface area (Å²) in [6.07, 6.45) is 2.79. The van der Waals surface area contributed by atoms with Crippen molar-refractivity contribution in [3.05, 3.63) is 77.0 Å². The summed E-state index contributed by atoms with van der Waals surface area (Å²) < 4.78 is 61.6. The number of aryl methyl sites for hydroxylation is 2. The Kier molecular flexibility index (Phi) is 3.32. The number of halogens is 1. The Hall–Kier alpha value is -3.74. The predicted molar refractivity (Wildman–Crippen MR) is 115 cm³/mol. The molecule has 0 saturated heterocycles. The minimum absolute atomic E-state index is 0.0107. The number of nitrogens with zero attached hydrogens (tertiary/aromatic N) is 4. The predicted octanol–water partition coefficient (Wildman–Crippen LogP) is 4.25. The second-order valence-corrected chi connectivity index (χ2v) is 7.31. The second kappa shape index (κ2) is 7.19. The van der Waals surface area contributed by atoms with Crippen LogP contribution in [0, 0.1) is 12.7 Å². The van der Waals surface area contributed by atoms with Gasteiger partial charge >= 0.3 is 0 Å². The first-order valence-corrected chi connectivity index (χ1v) is 9.57. The van der Waals surface area contributed by atoms with Crippen molar-refractivity contribution in [3.63, 3.8) is 0 Å². The van der Waals surface area contributed by atoms with Crippen molar-refractivity contribution < 1.29 is 20.8 Å². The lowest BCUT2D eigenvalue weighted by Crippen LogP contribution is -2.24. The summed E-state index contributed by atoms with van der Waals surface area (Å²) in [5.41, 5.74) is 2.21. The van der Waals surface area contributed by atoms with Gasteiger partial charge in [-0.25, -0.2) is 4.39 Å². The van der Waals surface area contributed by atoms with Crippen LogP contribution in [-0.2, 0) is 20.0 Å². The van der Waals surface area contributed by atoms with Crippen LogP contribution in [0.25, 0.3) is 22.0 Å². The first-order valence-electron chi connectivity index (χ1n) is 12.1. The van der Waals surface area contributed by atoms with E-state index in [1.807, 2.05) is 0 Å². The lowest BCUT2D eigenvalue weighted by molar-refractivity contribution is 0.0764. The molecule has 1 aliphatic heterocycles. The molecular weight excluding hydrogens is 395 g/mol. The molecule has 0 saturated carbocycles. The molecule has 5 rings (SSSR count). The molecule has 0 N–H and O–H groups in total. The number of amides is 1. The van der Waals surface area contributed by atoms with Gasteiger partial charge in [0.25, 0.3) is 5.91 Å². The highest BCUT2D eigenvalue weighted by Crippen LogP contribution is 2.35. The van der Waals surface area contributed by atoms with Crippen LogP contribution in [0.5, 0.6) is 5.75 Å². The molecule has 0 bridgehead atoms. The minimum atomic E-state index is -2.50. The molecule has 2 aromatic heterocycles. The monoisotopic (exact) mass is 421 g/mol. The molecule has 2 aromatic carbocycles. The Balaban J connectivity index is 1.57. The number of carbonyl (C=O) groups excluding carboxylic acids is 1. The van der Waals surface area contributed by atoms with Crippen molar-refractivity contribution >= 4 is 16.8 Å². The van der Waals surface area contributed by atoms with Crippen LogP contribution < -0.4 is 4.74 Å². The van der Waals surface area contributed by atoms with E-state index in [1.54, 1.807) is 31.2 Å². The zero-order valence-electron chi connectivity index (χ0n) is 21.8. The molecule has 31 heavy (non-hydrogen) atoms. The Labute approximate surface area is 185 Å².